The third kappa shape index (κ3) is 15.6. The average molecular weight is 404 g/mol. The van der Waals surface area contributed by atoms with E-state index in [1.807, 2.05) is 22.6 Å². The molecule has 0 heterocycles. The second-order valence-corrected chi connectivity index (χ2v) is 6.59. The maximum atomic E-state index is 10.6. The maximum absolute atomic E-state index is 10.6. The monoisotopic (exact) mass is 404 g/mol. The first-order valence-electron chi connectivity index (χ1n) is 8.00. The van der Waals surface area contributed by atoms with Crippen LogP contribution in [0, 0.1) is 0 Å². The van der Waals surface area contributed by atoms with Crippen molar-refractivity contribution in [1.82, 2.24) is 0 Å². The molecule has 2 nitrogen and oxygen atoms in total. The van der Waals surface area contributed by atoms with Gasteiger partial charge < -0.3 is 5.11 Å². The van der Waals surface area contributed by atoms with E-state index in [1.165, 1.54) is 12.8 Å². The highest BCUT2D eigenvalue weighted by Gasteiger charge is 2.11. The summed E-state index contributed by atoms with van der Waals surface area (Å²) in [7, 11) is 0. The summed E-state index contributed by atoms with van der Waals surface area (Å²) in [6, 6.07) is 0. The molecule has 0 bridgehead atoms. The molecule has 0 aliphatic rings. The maximum Gasteiger partial charge on any atom is 0.316 e. The number of rotatable bonds is 13. The Hall–Kier alpha value is -0.580. The number of halogens is 1. The summed E-state index contributed by atoms with van der Waals surface area (Å²) >= 11 is 2.01. The molecule has 0 amide bonds. The van der Waals surface area contributed by atoms with E-state index in [0.717, 1.165) is 44.9 Å². The fourth-order valence-corrected chi connectivity index (χ4v) is 2.33. The molecule has 0 rings (SSSR count). The molecular formula is C18H29IO2. The first-order valence-corrected chi connectivity index (χ1v) is 9.25. The Kier molecular flexibility index (Phi) is 15.4. The molecular weight excluding hydrogens is 375 g/mol. The summed E-state index contributed by atoms with van der Waals surface area (Å²) in [6.45, 7) is 2.15. The van der Waals surface area contributed by atoms with Gasteiger partial charge in [0, 0.05) is 0 Å². The molecule has 1 unspecified atom stereocenters. The standard InChI is InChI=1S/C18H29IO2/c1-2-3-4-5-6-7-8-9-10-11-12-13-14-15-16-17(19)18(20)21/h3-4,6-7,9-10,17H,2,5,8,11-16H2,1H3,(H,20,21). The SMILES string of the molecule is CCC=CCC=CCC=CCCCCCCC(I)C(=O)O. The molecule has 0 aromatic carbocycles. The van der Waals surface area contributed by atoms with Crippen molar-refractivity contribution in [3.63, 3.8) is 0 Å². The molecule has 0 saturated carbocycles. The van der Waals surface area contributed by atoms with Gasteiger partial charge in [0.05, 0.1) is 0 Å². The van der Waals surface area contributed by atoms with Gasteiger partial charge in [-0.15, -0.1) is 0 Å². The second kappa shape index (κ2) is 15.8. The summed E-state index contributed by atoms with van der Waals surface area (Å²) in [5.41, 5.74) is 0. The van der Waals surface area contributed by atoms with Crippen LogP contribution in [-0.2, 0) is 4.79 Å². The molecule has 0 aromatic heterocycles. The van der Waals surface area contributed by atoms with Crippen molar-refractivity contribution < 1.29 is 9.90 Å². The smallest absolute Gasteiger partial charge is 0.316 e. The van der Waals surface area contributed by atoms with Crippen molar-refractivity contribution in [2.45, 2.75) is 68.6 Å². The Morgan fingerprint density at radius 1 is 0.952 bits per heavy atom. The van der Waals surface area contributed by atoms with Gasteiger partial charge in [0.1, 0.15) is 3.92 Å². The number of allylic oxidation sites excluding steroid dienone is 6. The molecule has 0 saturated heterocycles. The number of hydrogen-bond donors (Lipinski definition) is 1. The van der Waals surface area contributed by atoms with E-state index in [2.05, 4.69) is 43.4 Å². The largest absolute Gasteiger partial charge is 0.480 e. The Balaban J connectivity index is 3.33. The Labute approximate surface area is 143 Å². The van der Waals surface area contributed by atoms with Crippen LogP contribution in [0.4, 0.5) is 0 Å². The zero-order chi connectivity index (χ0) is 15.8. The van der Waals surface area contributed by atoms with Crippen LogP contribution in [0.15, 0.2) is 36.5 Å². The van der Waals surface area contributed by atoms with Crippen LogP contribution in [0.2, 0.25) is 0 Å². The first-order chi connectivity index (χ1) is 10.2. The van der Waals surface area contributed by atoms with Crippen LogP contribution >= 0.6 is 22.6 Å². The topological polar surface area (TPSA) is 37.3 Å². The summed E-state index contributed by atoms with van der Waals surface area (Å²) in [5, 5.41) is 8.76. The van der Waals surface area contributed by atoms with E-state index in [1.54, 1.807) is 0 Å². The summed E-state index contributed by atoms with van der Waals surface area (Å²) in [4.78, 5) is 10.6. The lowest BCUT2D eigenvalue weighted by Crippen LogP contribution is -2.11. The van der Waals surface area contributed by atoms with Crippen LogP contribution in [-0.4, -0.2) is 15.0 Å². The van der Waals surface area contributed by atoms with Crippen LogP contribution in [0.25, 0.3) is 0 Å². The van der Waals surface area contributed by atoms with Gasteiger partial charge in [-0.05, 0) is 38.5 Å². The summed E-state index contributed by atoms with van der Waals surface area (Å²) in [5.74, 6) is -0.684. The van der Waals surface area contributed by atoms with Crippen molar-refractivity contribution in [3.8, 4) is 0 Å². The van der Waals surface area contributed by atoms with Crippen LogP contribution in [0.1, 0.15) is 64.7 Å². The average Bonchev–Trinajstić information content (AvgIpc) is 2.47. The van der Waals surface area contributed by atoms with Gasteiger partial charge in [-0.3, -0.25) is 4.79 Å². The fourth-order valence-electron chi connectivity index (χ4n) is 1.89. The lowest BCUT2D eigenvalue weighted by atomic mass is 10.1. The second-order valence-electron chi connectivity index (χ2n) is 5.09. The van der Waals surface area contributed by atoms with E-state index in [0.29, 0.717) is 0 Å². The molecule has 21 heavy (non-hydrogen) atoms. The van der Waals surface area contributed by atoms with Gasteiger partial charge in [-0.25, -0.2) is 0 Å². The number of alkyl halides is 1. The molecule has 3 heteroatoms. The number of unbranched alkanes of at least 4 members (excludes halogenated alkanes) is 4. The normalized spacial score (nSPS) is 13.6. The van der Waals surface area contributed by atoms with Crippen molar-refractivity contribution in [2.24, 2.45) is 0 Å². The highest BCUT2D eigenvalue weighted by Crippen LogP contribution is 2.13. The Bertz CT molecular complexity index is 332. The molecule has 0 radical (unpaired) electrons. The molecule has 120 valence electrons. The van der Waals surface area contributed by atoms with Gasteiger partial charge in [0.25, 0.3) is 0 Å². The molecule has 1 N–H and O–H groups in total. The van der Waals surface area contributed by atoms with Gasteiger partial charge in [0.2, 0.25) is 0 Å². The lowest BCUT2D eigenvalue weighted by molar-refractivity contribution is -0.136. The quantitative estimate of drug-likeness (QED) is 0.175. The minimum absolute atomic E-state index is 0.221. The minimum Gasteiger partial charge on any atom is -0.480 e. The van der Waals surface area contributed by atoms with Gasteiger partial charge in [0.15, 0.2) is 0 Å². The molecule has 0 spiro atoms. The van der Waals surface area contributed by atoms with Gasteiger partial charge in [-0.1, -0.05) is 85.2 Å². The number of carboxylic acid groups (broad SMARTS) is 1. The third-order valence-corrected chi connectivity index (χ3v) is 4.28. The predicted molar refractivity (Wildman–Crippen MR) is 100 cm³/mol. The number of carbonyl (C=O) groups is 1. The Morgan fingerprint density at radius 2 is 1.52 bits per heavy atom. The number of hydrogen-bond acceptors (Lipinski definition) is 1. The van der Waals surface area contributed by atoms with Crippen LogP contribution < -0.4 is 0 Å². The lowest BCUT2D eigenvalue weighted by Gasteiger charge is -2.03. The molecule has 0 aliphatic carbocycles. The van der Waals surface area contributed by atoms with E-state index in [9.17, 15) is 4.79 Å². The zero-order valence-corrected chi connectivity index (χ0v) is 15.3. The predicted octanol–water partition coefficient (Wildman–Crippen LogP) is 6.07. The number of carboxylic acids is 1. The number of aliphatic carboxylic acids is 1. The minimum atomic E-state index is -0.684. The molecule has 0 aromatic rings. The van der Waals surface area contributed by atoms with Crippen LogP contribution in [0.3, 0.4) is 0 Å². The van der Waals surface area contributed by atoms with E-state index >= 15 is 0 Å². The summed E-state index contributed by atoms with van der Waals surface area (Å²) in [6.07, 6.45) is 23.0. The highest BCUT2D eigenvalue weighted by atomic mass is 127. The van der Waals surface area contributed by atoms with Crippen molar-refractivity contribution >= 4 is 28.6 Å². The van der Waals surface area contributed by atoms with Gasteiger partial charge in [-0.2, -0.15) is 0 Å². The first kappa shape index (κ1) is 20.4. The highest BCUT2D eigenvalue weighted by molar-refractivity contribution is 14.1. The van der Waals surface area contributed by atoms with Crippen LogP contribution in [0.5, 0.6) is 0 Å². The molecule has 0 aliphatic heterocycles. The Morgan fingerprint density at radius 3 is 2.14 bits per heavy atom. The van der Waals surface area contributed by atoms with Crippen molar-refractivity contribution in [1.29, 1.82) is 0 Å². The van der Waals surface area contributed by atoms with Crippen molar-refractivity contribution in [3.05, 3.63) is 36.5 Å². The third-order valence-electron chi connectivity index (χ3n) is 3.13. The van der Waals surface area contributed by atoms with Crippen molar-refractivity contribution in [2.75, 3.05) is 0 Å². The van der Waals surface area contributed by atoms with E-state index in [-0.39, 0.29) is 3.92 Å². The zero-order valence-electron chi connectivity index (χ0n) is 13.1. The fraction of sp³-hybridized carbons (Fsp3) is 0.611. The van der Waals surface area contributed by atoms with Gasteiger partial charge >= 0.3 is 5.97 Å². The molecule has 0 fully saturated rings. The van der Waals surface area contributed by atoms with E-state index < -0.39 is 5.97 Å². The summed E-state index contributed by atoms with van der Waals surface area (Å²) < 4.78 is -0.221. The molecule has 1 atom stereocenters. The van der Waals surface area contributed by atoms with E-state index in [4.69, 9.17) is 5.11 Å².